The van der Waals surface area contributed by atoms with E-state index in [4.69, 9.17) is 9.97 Å². The second kappa shape index (κ2) is 11.6. The summed E-state index contributed by atoms with van der Waals surface area (Å²) < 4.78 is 0. The quantitative estimate of drug-likeness (QED) is 0.209. The summed E-state index contributed by atoms with van der Waals surface area (Å²) in [6, 6.07) is 52.0. The van der Waals surface area contributed by atoms with Crippen molar-refractivity contribution in [3.63, 3.8) is 0 Å². The number of hydrogen-bond acceptors (Lipinski definition) is 2. The van der Waals surface area contributed by atoms with Crippen molar-refractivity contribution in [3.05, 3.63) is 157 Å². The van der Waals surface area contributed by atoms with Crippen molar-refractivity contribution in [2.24, 2.45) is 0 Å². The molecule has 1 aromatic heterocycles. The summed E-state index contributed by atoms with van der Waals surface area (Å²) in [5, 5.41) is 0. The summed E-state index contributed by atoms with van der Waals surface area (Å²) in [4.78, 5) is 10.0. The fourth-order valence-corrected chi connectivity index (χ4v) is 6.54. The molecule has 1 aliphatic carbocycles. The molecule has 1 heterocycles. The van der Waals surface area contributed by atoms with Gasteiger partial charge >= 0.3 is 0 Å². The Morgan fingerprint density at radius 2 is 0.786 bits per heavy atom. The molecule has 204 valence electrons. The van der Waals surface area contributed by atoms with Crippen LogP contribution in [0, 0.1) is 0 Å². The summed E-state index contributed by atoms with van der Waals surface area (Å²) in [6.07, 6.45) is 6.19. The molecular weight excluding hydrogens is 508 g/mol. The molecule has 0 amide bonds. The van der Waals surface area contributed by atoms with E-state index in [1.54, 1.807) is 0 Å². The molecule has 2 nitrogen and oxygen atoms in total. The van der Waals surface area contributed by atoms with E-state index < -0.39 is 0 Å². The predicted octanol–water partition coefficient (Wildman–Crippen LogP) is 10.4. The predicted molar refractivity (Wildman–Crippen MR) is 174 cm³/mol. The van der Waals surface area contributed by atoms with Gasteiger partial charge in [0.05, 0.1) is 11.4 Å². The molecule has 0 aliphatic heterocycles. The lowest BCUT2D eigenvalue weighted by atomic mass is 9.65. The van der Waals surface area contributed by atoms with Crippen LogP contribution in [0.5, 0.6) is 0 Å². The average molecular weight is 543 g/mol. The molecule has 1 fully saturated rings. The van der Waals surface area contributed by atoms with E-state index in [1.165, 1.54) is 54.4 Å². The van der Waals surface area contributed by atoms with Gasteiger partial charge < -0.3 is 0 Å². The average Bonchev–Trinajstić information content (AvgIpc) is 3.10. The maximum Gasteiger partial charge on any atom is 0.160 e. The highest BCUT2D eigenvalue weighted by Crippen LogP contribution is 2.45. The molecule has 42 heavy (non-hydrogen) atoms. The highest BCUT2D eigenvalue weighted by molar-refractivity contribution is 5.72. The first-order valence-electron chi connectivity index (χ1n) is 15.1. The van der Waals surface area contributed by atoms with Crippen LogP contribution in [0.25, 0.3) is 45.0 Å². The lowest BCUT2D eigenvalue weighted by Gasteiger charge is -2.39. The normalized spacial score (nSPS) is 14.4. The SMILES string of the molecule is c1ccc(-c2ccc(C3(c4ccc(-c5cc(-c6ccccc6)nc(-c6ccccc6)n5)cc4)CCCCC3)cc2)cc1. The van der Waals surface area contributed by atoms with Crippen LogP contribution in [-0.4, -0.2) is 9.97 Å². The molecular formula is C40H34N2. The van der Waals surface area contributed by atoms with E-state index in [-0.39, 0.29) is 5.41 Å². The largest absolute Gasteiger partial charge is 0.228 e. The zero-order valence-corrected chi connectivity index (χ0v) is 23.8. The lowest BCUT2D eigenvalue weighted by Crippen LogP contribution is -2.30. The smallest absolute Gasteiger partial charge is 0.160 e. The zero-order valence-electron chi connectivity index (χ0n) is 23.8. The van der Waals surface area contributed by atoms with Gasteiger partial charge in [0.1, 0.15) is 0 Å². The summed E-state index contributed by atoms with van der Waals surface area (Å²) in [5.41, 5.74) is 10.5. The van der Waals surface area contributed by atoms with Crippen molar-refractivity contribution in [2.45, 2.75) is 37.5 Å². The highest BCUT2D eigenvalue weighted by Gasteiger charge is 2.35. The van der Waals surface area contributed by atoms with Crippen LogP contribution < -0.4 is 0 Å². The first kappa shape index (κ1) is 26.1. The van der Waals surface area contributed by atoms with Gasteiger partial charge in [-0.1, -0.05) is 159 Å². The standard InChI is InChI=1S/C40H34N2/c1-5-13-30(14-6-1)31-19-23-35(24-20-31)40(27-11-4-12-28-40)36-25-21-33(22-26-36)38-29-37(32-15-7-2-8-16-32)41-39(42-38)34-17-9-3-10-18-34/h1-3,5-10,13-26,29H,4,11-12,27-28H2. The van der Waals surface area contributed by atoms with Crippen molar-refractivity contribution in [3.8, 4) is 45.0 Å². The topological polar surface area (TPSA) is 25.8 Å². The maximum absolute atomic E-state index is 5.04. The fourth-order valence-electron chi connectivity index (χ4n) is 6.54. The minimum absolute atomic E-state index is 0.0437. The maximum atomic E-state index is 5.04. The third-order valence-corrected chi connectivity index (χ3v) is 8.81. The monoisotopic (exact) mass is 542 g/mol. The van der Waals surface area contributed by atoms with Gasteiger partial charge in [-0.25, -0.2) is 9.97 Å². The third-order valence-electron chi connectivity index (χ3n) is 8.81. The number of nitrogens with zero attached hydrogens (tertiary/aromatic N) is 2. The summed E-state index contributed by atoms with van der Waals surface area (Å²) in [6.45, 7) is 0. The first-order chi connectivity index (χ1) is 20.8. The van der Waals surface area contributed by atoms with Crippen molar-refractivity contribution in [2.75, 3.05) is 0 Å². The molecule has 1 saturated carbocycles. The van der Waals surface area contributed by atoms with E-state index in [1.807, 2.05) is 24.3 Å². The van der Waals surface area contributed by atoms with Crippen LogP contribution in [0.2, 0.25) is 0 Å². The fraction of sp³-hybridized carbons (Fsp3) is 0.150. The molecule has 1 aliphatic rings. The van der Waals surface area contributed by atoms with Gasteiger partial charge in [-0.05, 0) is 41.2 Å². The van der Waals surface area contributed by atoms with Gasteiger partial charge in [0.15, 0.2) is 5.82 Å². The van der Waals surface area contributed by atoms with Crippen molar-refractivity contribution in [1.29, 1.82) is 0 Å². The Balaban J connectivity index is 1.26. The number of hydrogen-bond donors (Lipinski definition) is 0. The molecule has 0 N–H and O–H groups in total. The second-order valence-electron chi connectivity index (χ2n) is 11.4. The van der Waals surface area contributed by atoms with E-state index in [0.29, 0.717) is 0 Å². The second-order valence-corrected chi connectivity index (χ2v) is 11.4. The molecule has 0 unspecified atom stereocenters. The summed E-state index contributed by atoms with van der Waals surface area (Å²) in [7, 11) is 0. The lowest BCUT2D eigenvalue weighted by molar-refractivity contribution is 0.346. The van der Waals surface area contributed by atoms with Gasteiger partial charge in [-0.2, -0.15) is 0 Å². The van der Waals surface area contributed by atoms with Gasteiger partial charge in [0.2, 0.25) is 0 Å². The van der Waals surface area contributed by atoms with E-state index in [2.05, 4.69) is 121 Å². The Kier molecular flexibility index (Phi) is 7.20. The van der Waals surface area contributed by atoms with Crippen molar-refractivity contribution < 1.29 is 0 Å². The number of aromatic nitrogens is 2. The van der Waals surface area contributed by atoms with Gasteiger partial charge in [-0.15, -0.1) is 0 Å². The number of benzene rings is 5. The summed E-state index contributed by atoms with van der Waals surface area (Å²) >= 11 is 0. The zero-order chi connectivity index (χ0) is 28.2. The van der Waals surface area contributed by atoms with Crippen LogP contribution in [0.3, 0.4) is 0 Å². The van der Waals surface area contributed by atoms with Crippen LogP contribution in [0.1, 0.15) is 43.2 Å². The van der Waals surface area contributed by atoms with E-state index >= 15 is 0 Å². The molecule has 0 saturated heterocycles. The molecule has 0 radical (unpaired) electrons. The molecule has 0 atom stereocenters. The Bertz CT molecular complexity index is 1690. The summed E-state index contributed by atoms with van der Waals surface area (Å²) in [5.74, 6) is 0.748. The molecule has 5 aromatic carbocycles. The van der Waals surface area contributed by atoms with Crippen LogP contribution in [-0.2, 0) is 5.41 Å². The minimum atomic E-state index is 0.0437. The van der Waals surface area contributed by atoms with Crippen LogP contribution in [0.15, 0.2) is 146 Å². The Labute approximate surface area is 248 Å². The van der Waals surface area contributed by atoms with Crippen molar-refractivity contribution >= 4 is 0 Å². The van der Waals surface area contributed by atoms with Crippen LogP contribution >= 0.6 is 0 Å². The highest BCUT2D eigenvalue weighted by atomic mass is 14.9. The molecule has 2 heteroatoms. The Hall–Kier alpha value is -4.82. The van der Waals surface area contributed by atoms with Crippen molar-refractivity contribution in [1.82, 2.24) is 9.97 Å². The van der Waals surface area contributed by atoms with E-state index in [0.717, 1.165) is 33.9 Å². The number of rotatable bonds is 6. The molecule has 6 aromatic rings. The molecule has 0 bridgehead atoms. The Morgan fingerprint density at radius 3 is 1.31 bits per heavy atom. The Morgan fingerprint density at radius 1 is 0.381 bits per heavy atom. The first-order valence-corrected chi connectivity index (χ1v) is 15.1. The van der Waals surface area contributed by atoms with Gasteiger partial charge in [-0.3, -0.25) is 0 Å². The third kappa shape index (κ3) is 5.17. The van der Waals surface area contributed by atoms with Gasteiger partial charge in [0, 0.05) is 22.1 Å². The van der Waals surface area contributed by atoms with E-state index in [9.17, 15) is 0 Å². The van der Waals surface area contributed by atoms with Crippen LogP contribution in [0.4, 0.5) is 0 Å². The molecule has 7 rings (SSSR count). The van der Waals surface area contributed by atoms with Gasteiger partial charge in [0.25, 0.3) is 0 Å². The molecule has 0 spiro atoms. The minimum Gasteiger partial charge on any atom is -0.228 e.